The minimum absolute atomic E-state index is 0.00896. The maximum Gasteiger partial charge on any atom is 0.319 e. The third kappa shape index (κ3) is 4.76. The standard InChI is InChI=1S/C21H31N3O4/c1-22(2)21(26)23-10-7-18(15-23)24(17-8-11-28-12-9-17)20(25)14-16-5-4-6-19(13-16)27-3/h4-6,13,17-18H,7-12,14-15H2,1-3H3. The first-order chi connectivity index (χ1) is 13.5. The highest BCUT2D eigenvalue weighted by atomic mass is 16.5. The highest BCUT2D eigenvalue weighted by molar-refractivity contribution is 5.80. The quantitative estimate of drug-likeness (QED) is 0.773. The van der Waals surface area contributed by atoms with E-state index in [0.29, 0.717) is 32.7 Å². The summed E-state index contributed by atoms with van der Waals surface area (Å²) in [6.45, 7) is 2.65. The van der Waals surface area contributed by atoms with Crippen LogP contribution in [0.2, 0.25) is 0 Å². The molecule has 3 rings (SSSR count). The van der Waals surface area contributed by atoms with E-state index in [1.807, 2.05) is 34.1 Å². The lowest BCUT2D eigenvalue weighted by atomic mass is 10.0. The first kappa shape index (κ1) is 20.5. The molecule has 0 saturated carbocycles. The second kappa shape index (κ2) is 9.28. The molecule has 0 bridgehead atoms. The van der Waals surface area contributed by atoms with Crippen molar-refractivity contribution in [2.75, 3.05) is 47.5 Å². The summed E-state index contributed by atoms with van der Waals surface area (Å²) in [5.74, 6) is 0.871. The minimum Gasteiger partial charge on any atom is -0.497 e. The monoisotopic (exact) mass is 389 g/mol. The second-order valence-corrected chi connectivity index (χ2v) is 7.74. The fraction of sp³-hybridized carbons (Fsp3) is 0.619. The third-order valence-electron chi connectivity index (χ3n) is 5.57. The molecule has 2 saturated heterocycles. The van der Waals surface area contributed by atoms with Crippen LogP contribution in [0.25, 0.3) is 0 Å². The molecule has 0 N–H and O–H groups in total. The number of hydrogen-bond donors (Lipinski definition) is 0. The fourth-order valence-electron chi connectivity index (χ4n) is 4.14. The molecule has 1 unspecified atom stereocenters. The van der Waals surface area contributed by atoms with Crippen LogP contribution in [0.15, 0.2) is 24.3 Å². The van der Waals surface area contributed by atoms with Gasteiger partial charge in [0.2, 0.25) is 5.91 Å². The van der Waals surface area contributed by atoms with E-state index in [1.54, 1.807) is 26.1 Å². The summed E-state index contributed by atoms with van der Waals surface area (Å²) in [4.78, 5) is 31.2. The molecule has 2 fully saturated rings. The molecule has 1 aromatic rings. The van der Waals surface area contributed by atoms with Gasteiger partial charge in [0.15, 0.2) is 0 Å². The second-order valence-electron chi connectivity index (χ2n) is 7.74. The maximum absolute atomic E-state index is 13.3. The van der Waals surface area contributed by atoms with E-state index in [4.69, 9.17) is 9.47 Å². The van der Waals surface area contributed by atoms with Crippen molar-refractivity contribution < 1.29 is 19.1 Å². The fourth-order valence-corrected chi connectivity index (χ4v) is 4.14. The highest BCUT2D eigenvalue weighted by Gasteiger charge is 2.37. The molecule has 154 valence electrons. The minimum atomic E-state index is 0.00896. The number of methoxy groups -OCH3 is 1. The van der Waals surface area contributed by atoms with E-state index in [-0.39, 0.29) is 24.0 Å². The number of nitrogens with zero attached hydrogens (tertiary/aromatic N) is 3. The molecule has 2 heterocycles. The van der Waals surface area contributed by atoms with Crippen LogP contribution in [0.1, 0.15) is 24.8 Å². The molecule has 1 atom stereocenters. The van der Waals surface area contributed by atoms with Gasteiger partial charge in [-0.15, -0.1) is 0 Å². The molecule has 7 heteroatoms. The lowest BCUT2D eigenvalue weighted by molar-refractivity contribution is -0.137. The Hall–Kier alpha value is -2.28. The largest absolute Gasteiger partial charge is 0.497 e. The van der Waals surface area contributed by atoms with Crippen LogP contribution in [-0.2, 0) is 16.0 Å². The van der Waals surface area contributed by atoms with E-state index < -0.39 is 0 Å². The van der Waals surface area contributed by atoms with Crippen LogP contribution in [0.3, 0.4) is 0 Å². The van der Waals surface area contributed by atoms with Crippen molar-refractivity contribution >= 4 is 11.9 Å². The molecule has 2 aliphatic heterocycles. The van der Waals surface area contributed by atoms with Crippen molar-refractivity contribution in [2.45, 2.75) is 37.8 Å². The number of carbonyl (C=O) groups excluding carboxylic acids is 2. The van der Waals surface area contributed by atoms with E-state index >= 15 is 0 Å². The molecule has 0 aliphatic carbocycles. The molecule has 3 amide bonds. The number of amides is 3. The Balaban J connectivity index is 1.75. The van der Waals surface area contributed by atoms with Crippen LogP contribution in [0, 0.1) is 0 Å². The van der Waals surface area contributed by atoms with Crippen molar-refractivity contribution in [1.82, 2.24) is 14.7 Å². The Bertz CT molecular complexity index is 688. The molecule has 0 aromatic heterocycles. The van der Waals surface area contributed by atoms with Gasteiger partial charge >= 0.3 is 6.03 Å². The van der Waals surface area contributed by atoms with Gasteiger partial charge in [-0.25, -0.2) is 4.79 Å². The zero-order valence-corrected chi connectivity index (χ0v) is 17.1. The molecule has 28 heavy (non-hydrogen) atoms. The lowest BCUT2D eigenvalue weighted by Crippen LogP contribution is -2.51. The Morgan fingerprint density at radius 3 is 2.61 bits per heavy atom. The topological polar surface area (TPSA) is 62.3 Å². The molecule has 0 radical (unpaired) electrons. The van der Waals surface area contributed by atoms with Crippen LogP contribution in [0.4, 0.5) is 4.79 Å². The highest BCUT2D eigenvalue weighted by Crippen LogP contribution is 2.25. The summed E-state index contributed by atoms with van der Waals surface area (Å²) >= 11 is 0. The molecule has 2 aliphatic rings. The zero-order valence-electron chi connectivity index (χ0n) is 17.1. The summed E-state index contributed by atoms with van der Waals surface area (Å²) < 4.78 is 10.8. The average molecular weight is 389 g/mol. The van der Waals surface area contributed by atoms with Gasteiger partial charge in [0, 0.05) is 46.4 Å². The van der Waals surface area contributed by atoms with Crippen molar-refractivity contribution in [2.24, 2.45) is 0 Å². The first-order valence-electron chi connectivity index (χ1n) is 9.97. The Labute approximate surface area is 167 Å². The predicted molar refractivity (Wildman–Crippen MR) is 106 cm³/mol. The summed E-state index contributed by atoms with van der Waals surface area (Å²) in [5.41, 5.74) is 0.945. The van der Waals surface area contributed by atoms with Crippen LogP contribution in [-0.4, -0.2) is 86.2 Å². The third-order valence-corrected chi connectivity index (χ3v) is 5.57. The van der Waals surface area contributed by atoms with Gasteiger partial charge in [0.25, 0.3) is 0 Å². The molecular formula is C21H31N3O4. The van der Waals surface area contributed by atoms with Gasteiger partial charge in [-0.3, -0.25) is 4.79 Å². The van der Waals surface area contributed by atoms with Crippen LogP contribution < -0.4 is 4.74 Å². The van der Waals surface area contributed by atoms with E-state index in [1.165, 1.54) is 0 Å². The Morgan fingerprint density at radius 1 is 1.18 bits per heavy atom. The van der Waals surface area contributed by atoms with Crippen molar-refractivity contribution in [3.63, 3.8) is 0 Å². The first-order valence-corrected chi connectivity index (χ1v) is 9.97. The smallest absolute Gasteiger partial charge is 0.319 e. The molecular weight excluding hydrogens is 358 g/mol. The zero-order chi connectivity index (χ0) is 20.1. The number of hydrogen-bond acceptors (Lipinski definition) is 4. The molecule has 0 spiro atoms. The van der Waals surface area contributed by atoms with Gasteiger partial charge in [0.1, 0.15) is 5.75 Å². The average Bonchev–Trinajstić information content (AvgIpc) is 3.18. The van der Waals surface area contributed by atoms with Gasteiger partial charge in [-0.2, -0.15) is 0 Å². The number of carbonyl (C=O) groups is 2. The Kier molecular flexibility index (Phi) is 6.78. The summed E-state index contributed by atoms with van der Waals surface area (Å²) in [6, 6.07) is 7.90. The van der Waals surface area contributed by atoms with E-state index in [2.05, 4.69) is 0 Å². The van der Waals surface area contributed by atoms with Crippen LogP contribution >= 0.6 is 0 Å². The van der Waals surface area contributed by atoms with E-state index in [0.717, 1.165) is 30.6 Å². The molecule has 1 aromatic carbocycles. The lowest BCUT2D eigenvalue weighted by Gasteiger charge is -2.38. The summed E-state index contributed by atoms with van der Waals surface area (Å²) in [7, 11) is 5.16. The van der Waals surface area contributed by atoms with Gasteiger partial charge in [-0.05, 0) is 37.0 Å². The van der Waals surface area contributed by atoms with Gasteiger partial charge in [-0.1, -0.05) is 12.1 Å². The van der Waals surface area contributed by atoms with Crippen LogP contribution in [0.5, 0.6) is 5.75 Å². The molecule has 7 nitrogen and oxygen atoms in total. The summed E-state index contributed by atoms with van der Waals surface area (Å²) in [6.07, 6.45) is 2.86. The number of benzene rings is 1. The number of urea groups is 1. The van der Waals surface area contributed by atoms with Crippen molar-refractivity contribution in [1.29, 1.82) is 0 Å². The predicted octanol–water partition coefficient (Wildman–Crippen LogP) is 2.00. The SMILES string of the molecule is COc1cccc(CC(=O)N(C2CCOCC2)C2CCN(C(=O)N(C)C)C2)c1. The number of rotatable bonds is 5. The van der Waals surface area contributed by atoms with Crippen molar-refractivity contribution in [3.05, 3.63) is 29.8 Å². The van der Waals surface area contributed by atoms with Gasteiger partial charge in [0.05, 0.1) is 19.6 Å². The number of ether oxygens (including phenoxy) is 2. The summed E-state index contributed by atoms with van der Waals surface area (Å²) in [5, 5.41) is 0. The van der Waals surface area contributed by atoms with Crippen molar-refractivity contribution in [3.8, 4) is 5.75 Å². The normalized spacial score (nSPS) is 20.1. The maximum atomic E-state index is 13.3. The van der Waals surface area contributed by atoms with E-state index in [9.17, 15) is 9.59 Å². The number of likely N-dealkylation sites (tertiary alicyclic amines) is 1. The Morgan fingerprint density at radius 2 is 1.93 bits per heavy atom. The van der Waals surface area contributed by atoms with Gasteiger partial charge < -0.3 is 24.2 Å².